The lowest BCUT2D eigenvalue weighted by Crippen LogP contribution is -2.53. The number of benzene rings is 1. The minimum absolute atomic E-state index is 0.0389. The van der Waals surface area contributed by atoms with Gasteiger partial charge < -0.3 is 5.32 Å². The molecule has 21 heavy (non-hydrogen) atoms. The van der Waals surface area contributed by atoms with Gasteiger partial charge in [-0.3, -0.25) is 9.69 Å². The first-order valence-electron chi connectivity index (χ1n) is 7.73. The van der Waals surface area contributed by atoms with Crippen LogP contribution < -0.4 is 5.32 Å². The molecule has 3 rings (SSSR count). The molecule has 1 N–H and O–H groups in total. The molecule has 2 fully saturated rings. The van der Waals surface area contributed by atoms with E-state index in [1.165, 1.54) is 4.90 Å². The first-order chi connectivity index (χ1) is 10.0. The fraction of sp³-hybridized carbons (Fsp3) is 0.529. The molecule has 0 unspecified atom stereocenters. The van der Waals surface area contributed by atoms with Crippen molar-refractivity contribution in [3.05, 3.63) is 35.4 Å². The van der Waals surface area contributed by atoms with Gasteiger partial charge in [-0.1, -0.05) is 44.0 Å². The number of hydrogen-bond donors (Lipinski definition) is 1. The van der Waals surface area contributed by atoms with E-state index in [4.69, 9.17) is 0 Å². The van der Waals surface area contributed by atoms with Crippen molar-refractivity contribution < 1.29 is 9.59 Å². The monoisotopic (exact) mass is 286 g/mol. The Kier molecular flexibility index (Phi) is 3.47. The zero-order valence-corrected chi connectivity index (χ0v) is 12.7. The maximum atomic E-state index is 12.9. The van der Waals surface area contributed by atoms with Crippen LogP contribution in [0.3, 0.4) is 0 Å². The number of carbonyl (C=O) groups is 2. The lowest BCUT2D eigenvalue weighted by molar-refractivity contribution is -0.134. The first kappa shape index (κ1) is 14.1. The Balaban J connectivity index is 1.86. The summed E-state index contributed by atoms with van der Waals surface area (Å²) in [6.45, 7) is 4.45. The van der Waals surface area contributed by atoms with Crippen molar-refractivity contribution in [1.29, 1.82) is 0 Å². The average Bonchev–Trinajstić information content (AvgIpc) is 2.70. The van der Waals surface area contributed by atoms with Gasteiger partial charge in [-0.2, -0.15) is 0 Å². The molecular weight excluding hydrogens is 264 g/mol. The molecule has 4 nitrogen and oxygen atoms in total. The molecule has 112 valence electrons. The summed E-state index contributed by atoms with van der Waals surface area (Å²) in [5.41, 5.74) is 1.48. The number of carbonyl (C=O) groups excluding carboxylic acids is 2. The zero-order chi connectivity index (χ0) is 15.0. The Morgan fingerprint density at radius 1 is 1.29 bits per heavy atom. The van der Waals surface area contributed by atoms with Gasteiger partial charge in [0, 0.05) is 0 Å². The van der Waals surface area contributed by atoms with E-state index in [1.54, 1.807) is 0 Å². The first-order valence-corrected chi connectivity index (χ1v) is 7.73. The van der Waals surface area contributed by atoms with Gasteiger partial charge in [0.05, 0.1) is 6.54 Å². The molecule has 2 aliphatic rings. The fourth-order valence-corrected chi connectivity index (χ4v) is 3.60. The van der Waals surface area contributed by atoms with Crippen LogP contribution in [-0.2, 0) is 11.3 Å². The van der Waals surface area contributed by atoms with E-state index in [-0.39, 0.29) is 17.9 Å². The summed E-state index contributed by atoms with van der Waals surface area (Å²) < 4.78 is 0. The molecule has 1 saturated carbocycles. The second kappa shape index (κ2) is 5.17. The molecule has 2 atom stereocenters. The summed E-state index contributed by atoms with van der Waals surface area (Å²) in [5, 5.41) is 3.00. The molecule has 3 amide bonds. The van der Waals surface area contributed by atoms with Gasteiger partial charge in [0.1, 0.15) is 5.54 Å². The number of aryl methyl sites for hydroxylation is 1. The molecule has 1 aromatic rings. The topological polar surface area (TPSA) is 49.4 Å². The van der Waals surface area contributed by atoms with Crippen molar-refractivity contribution in [1.82, 2.24) is 10.2 Å². The lowest BCUT2D eigenvalue weighted by Gasteiger charge is -2.36. The van der Waals surface area contributed by atoms with Gasteiger partial charge >= 0.3 is 6.03 Å². The number of nitrogens with one attached hydrogen (secondary N) is 1. The van der Waals surface area contributed by atoms with E-state index in [9.17, 15) is 9.59 Å². The Morgan fingerprint density at radius 3 is 2.76 bits per heavy atom. The van der Waals surface area contributed by atoms with Crippen molar-refractivity contribution in [2.75, 3.05) is 0 Å². The Bertz CT molecular complexity index is 584. The summed E-state index contributed by atoms with van der Waals surface area (Å²) in [7, 11) is 0. The van der Waals surface area contributed by atoms with Crippen molar-refractivity contribution in [3.63, 3.8) is 0 Å². The molecule has 1 aromatic carbocycles. The molecular formula is C17H22N2O2. The van der Waals surface area contributed by atoms with Gasteiger partial charge in [0.15, 0.2) is 0 Å². The smallest absolute Gasteiger partial charge is 0.323 e. The molecule has 1 saturated heterocycles. The van der Waals surface area contributed by atoms with Crippen LogP contribution in [0.15, 0.2) is 24.3 Å². The highest BCUT2D eigenvalue weighted by atomic mass is 16.2. The molecule has 0 bridgehead atoms. The number of imide groups is 1. The quantitative estimate of drug-likeness (QED) is 0.850. The molecule has 1 spiro atoms. The molecule has 0 aromatic heterocycles. The molecule has 1 aliphatic carbocycles. The molecule has 0 radical (unpaired) electrons. The predicted molar refractivity (Wildman–Crippen MR) is 80.6 cm³/mol. The van der Waals surface area contributed by atoms with Crippen molar-refractivity contribution in [3.8, 4) is 0 Å². The van der Waals surface area contributed by atoms with E-state index in [0.29, 0.717) is 6.54 Å². The third-order valence-electron chi connectivity index (χ3n) is 5.09. The number of rotatable bonds is 2. The van der Waals surface area contributed by atoms with Crippen LogP contribution in [-0.4, -0.2) is 22.4 Å². The maximum Gasteiger partial charge on any atom is 0.325 e. The molecule has 4 heteroatoms. The molecule has 1 aliphatic heterocycles. The van der Waals surface area contributed by atoms with E-state index in [2.05, 4.69) is 12.2 Å². The largest absolute Gasteiger partial charge is 0.325 e. The maximum absolute atomic E-state index is 12.9. The summed E-state index contributed by atoms with van der Waals surface area (Å²) >= 11 is 0. The van der Waals surface area contributed by atoms with E-state index in [0.717, 1.165) is 36.8 Å². The van der Waals surface area contributed by atoms with Crippen LogP contribution in [0.25, 0.3) is 0 Å². The van der Waals surface area contributed by atoms with Crippen LogP contribution in [0, 0.1) is 12.8 Å². The molecule has 1 heterocycles. The van der Waals surface area contributed by atoms with Gasteiger partial charge in [0.25, 0.3) is 5.91 Å². The second-order valence-corrected chi connectivity index (χ2v) is 6.37. The SMILES string of the molecule is Cc1ccccc1CN1C(=O)N[C@@]2(CCCC[C@H]2C)C1=O. The highest BCUT2D eigenvalue weighted by Gasteiger charge is 2.54. The van der Waals surface area contributed by atoms with E-state index in [1.807, 2.05) is 31.2 Å². The lowest BCUT2D eigenvalue weighted by atomic mass is 9.73. The second-order valence-electron chi connectivity index (χ2n) is 6.37. The Morgan fingerprint density at radius 2 is 2.05 bits per heavy atom. The van der Waals surface area contributed by atoms with E-state index >= 15 is 0 Å². The van der Waals surface area contributed by atoms with Crippen molar-refractivity contribution >= 4 is 11.9 Å². The van der Waals surface area contributed by atoms with Crippen molar-refractivity contribution in [2.45, 2.75) is 51.6 Å². The zero-order valence-electron chi connectivity index (χ0n) is 12.7. The Hall–Kier alpha value is -1.84. The number of urea groups is 1. The number of amides is 3. The number of hydrogen-bond acceptors (Lipinski definition) is 2. The van der Waals surface area contributed by atoms with Crippen LogP contribution in [0.4, 0.5) is 4.79 Å². The summed E-state index contributed by atoms with van der Waals surface area (Å²) in [5.74, 6) is 0.174. The Labute approximate surface area is 125 Å². The normalized spacial score (nSPS) is 29.0. The van der Waals surface area contributed by atoms with Gasteiger partial charge in [-0.05, 0) is 36.8 Å². The van der Waals surface area contributed by atoms with Gasteiger partial charge in [-0.15, -0.1) is 0 Å². The summed E-state index contributed by atoms with van der Waals surface area (Å²) in [4.78, 5) is 26.6. The third-order valence-corrected chi connectivity index (χ3v) is 5.09. The summed E-state index contributed by atoms with van der Waals surface area (Å²) in [6.07, 6.45) is 3.92. The van der Waals surface area contributed by atoms with Gasteiger partial charge in [0.2, 0.25) is 0 Å². The van der Waals surface area contributed by atoms with Crippen LogP contribution in [0.2, 0.25) is 0 Å². The predicted octanol–water partition coefficient (Wildman–Crippen LogP) is 3.00. The van der Waals surface area contributed by atoms with Crippen LogP contribution >= 0.6 is 0 Å². The number of nitrogens with zero attached hydrogens (tertiary/aromatic N) is 1. The van der Waals surface area contributed by atoms with E-state index < -0.39 is 5.54 Å². The van der Waals surface area contributed by atoms with Crippen molar-refractivity contribution in [2.24, 2.45) is 5.92 Å². The van der Waals surface area contributed by atoms with Crippen LogP contribution in [0.1, 0.15) is 43.7 Å². The fourth-order valence-electron chi connectivity index (χ4n) is 3.60. The highest BCUT2D eigenvalue weighted by molar-refractivity contribution is 6.07. The minimum Gasteiger partial charge on any atom is -0.323 e. The standard InChI is InChI=1S/C17H22N2O2/c1-12-7-3-4-9-14(12)11-19-15(20)17(18-16(19)21)10-6-5-8-13(17)2/h3-4,7,9,13H,5-6,8,10-11H2,1-2H3,(H,18,21)/t13-,17-/m1/s1. The highest BCUT2D eigenvalue weighted by Crippen LogP contribution is 2.38. The van der Waals surface area contributed by atoms with Crippen LogP contribution in [0.5, 0.6) is 0 Å². The van der Waals surface area contributed by atoms with Gasteiger partial charge in [-0.25, -0.2) is 4.79 Å². The minimum atomic E-state index is -0.655. The average molecular weight is 286 g/mol. The third kappa shape index (κ3) is 2.23. The summed E-state index contributed by atoms with van der Waals surface area (Å²) in [6, 6.07) is 7.66.